The second-order valence-electron chi connectivity index (χ2n) is 9.09. The Hall–Kier alpha value is -3.29. The van der Waals surface area contributed by atoms with Gasteiger partial charge in [0.25, 0.3) is 11.7 Å². The van der Waals surface area contributed by atoms with E-state index in [-0.39, 0.29) is 17.8 Å². The molecule has 2 unspecified atom stereocenters. The van der Waals surface area contributed by atoms with E-state index in [9.17, 15) is 23.1 Å². The van der Waals surface area contributed by atoms with Crippen LogP contribution in [0.2, 0.25) is 0 Å². The molecule has 3 heterocycles. The van der Waals surface area contributed by atoms with Crippen molar-refractivity contribution < 1.29 is 27.8 Å². The molecule has 2 atom stereocenters. The fraction of sp³-hybridized carbons (Fsp3) is 0.417. The number of aliphatic hydroxyl groups excluding tert-OH is 1. The summed E-state index contributed by atoms with van der Waals surface area (Å²) in [6.07, 6.45) is -3.45. The molecule has 2 aliphatic heterocycles. The molecular weight excluding hydrogens is 509 g/mol. The Kier molecular flexibility index (Phi) is 6.77. The van der Waals surface area contributed by atoms with Crippen molar-refractivity contribution in [3.05, 3.63) is 42.5 Å². The van der Waals surface area contributed by atoms with Crippen molar-refractivity contribution in [1.29, 1.82) is 0 Å². The van der Waals surface area contributed by atoms with E-state index in [2.05, 4.69) is 30.6 Å². The third-order valence-corrected chi connectivity index (χ3v) is 7.42. The molecule has 0 aliphatic carbocycles. The van der Waals surface area contributed by atoms with Gasteiger partial charge in [0, 0.05) is 32.7 Å². The molecule has 0 spiro atoms. The van der Waals surface area contributed by atoms with Crippen LogP contribution in [0.3, 0.4) is 0 Å². The predicted octanol–water partition coefficient (Wildman–Crippen LogP) is 3.40. The van der Waals surface area contributed by atoms with Crippen LogP contribution in [0.1, 0.15) is 12.8 Å². The predicted molar refractivity (Wildman–Crippen MR) is 136 cm³/mol. The lowest BCUT2D eigenvalue weighted by atomic mass is 10.1. The number of hydrogen-bond acceptors (Lipinski definition) is 9. The zero-order valence-electron chi connectivity index (χ0n) is 20.0. The number of nitrogens with one attached hydrogen (secondary N) is 3. The van der Waals surface area contributed by atoms with Gasteiger partial charge in [-0.1, -0.05) is 23.5 Å². The molecule has 0 bridgehead atoms. The molecular formula is C24H27F3N6O3S. The first-order valence-corrected chi connectivity index (χ1v) is 12.7. The Morgan fingerprint density at radius 3 is 2.89 bits per heavy atom. The van der Waals surface area contributed by atoms with Crippen molar-refractivity contribution in [3.8, 4) is 5.75 Å². The molecule has 1 saturated heterocycles. The number of benzene rings is 2. The number of anilines is 3. The number of fused-ring (bicyclic) bond motifs is 2. The van der Waals surface area contributed by atoms with Gasteiger partial charge in [0.15, 0.2) is 5.13 Å². The number of halogens is 3. The van der Waals surface area contributed by atoms with E-state index >= 15 is 0 Å². The molecule has 1 fully saturated rings. The lowest BCUT2D eigenvalue weighted by Gasteiger charge is -2.37. The number of likely N-dealkylation sites (tertiary alicyclic amines) is 1. The number of alkyl halides is 3. The van der Waals surface area contributed by atoms with Crippen molar-refractivity contribution in [2.45, 2.75) is 31.1 Å². The summed E-state index contributed by atoms with van der Waals surface area (Å²) in [4.78, 5) is 22.0. The summed E-state index contributed by atoms with van der Waals surface area (Å²) in [5.41, 5.74) is 2.01. The van der Waals surface area contributed by atoms with E-state index in [1.165, 1.54) is 18.2 Å². The lowest BCUT2D eigenvalue weighted by Crippen LogP contribution is -2.65. The van der Waals surface area contributed by atoms with Gasteiger partial charge in [-0.2, -0.15) is 0 Å². The third-order valence-electron chi connectivity index (χ3n) is 6.49. The maximum absolute atomic E-state index is 13.7. The third kappa shape index (κ3) is 5.38. The SMILES string of the molecule is CN1c2ccccc2NC1(Nc1nc2ccc(OC(F)(F)F)cc2s1)C(=O)NCCN1CCCC(O)C1. The Balaban J connectivity index is 1.37. The number of aliphatic hydroxyl groups is 1. The largest absolute Gasteiger partial charge is 0.573 e. The Bertz CT molecular complexity index is 1290. The van der Waals surface area contributed by atoms with Crippen LogP contribution in [0.4, 0.5) is 29.7 Å². The first-order chi connectivity index (χ1) is 17.6. The monoisotopic (exact) mass is 536 g/mol. The van der Waals surface area contributed by atoms with Gasteiger partial charge < -0.3 is 30.7 Å². The summed E-state index contributed by atoms with van der Waals surface area (Å²) in [5, 5.41) is 19.7. The van der Waals surface area contributed by atoms with E-state index in [1.54, 1.807) is 11.9 Å². The molecule has 3 aromatic rings. The molecule has 0 radical (unpaired) electrons. The molecule has 2 aromatic carbocycles. The number of likely N-dealkylation sites (N-methyl/N-ethyl adjacent to an activating group) is 1. The minimum Gasteiger partial charge on any atom is -0.406 e. The number of hydrogen-bond donors (Lipinski definition) is 4. The molecule has 1 amide bonds. The number of para-hydroxylation sites is 2. The van der Waals surface area contributed by atoms with E-state index in [1.807, 2.05) is 24.3 Å². The van der Waals surface area contributed by atoms with Crippen LogP contribution in [0, 0.1) is 0 Å². The van der Waals surface area contributed by atoms with E-state index in [4.69, 9.17) is 0 Å². The van der Waals surface area contributed by atoms with Crippen LogP contribution in [-0.2, 0) is 4.79 Å². The smallest absolute Gasteiger partial charge is 0.406 e. The summed E-state index contributed by atoms with van der Waals surface area (Å²) in [6.45, 7) is 2.41. The summed E-state index contributed by atoms with van der Waals surface area (Å²) >= 11 is 1.12. The average Bonchev–Trinajstić information content (AvgIpc) is 3.36. The van der Waals surface area contributed by atoms with Gasteiger partial charge in [0.05, 0.1) is 27.7 Å². The fourth-order valence-electron chi connectivity index (χ4n) is 4.71. The summed E-state index contributed by atoms with van der Waals surface area (Å²) in [7, 11) is 1.77. The molecule has 1 aromatic heterocycles. The van der Waals surface area contributed by atoms with Crippen molar-refractivity contribution in [2.24, 2.45) is 0 Å². The highest BCUT2D eigenvalue weighted by atomic mass is 32.1. The van der Waals surface area contributed by atoms with Crippen LogP contribution >= 0.6 is 11.3 Å². The number of aromatic nitrogens is 1. The number of β-amino-alcohol motifs (C(OH)–C–C–N with tert-alkyl or cyclic N) is 1. The molecule has 0 saturated carbocycles. The normalized spacial score (nSPS) is 22.0. The first kappa shape index (κ1) is 25.4. The van der Waals surface area contributed by atoms with Gasteiger partial charge in [0.2, 0.25) is 0 Å². The van der Waals surface area contributed by atoms with Gasteiger partial charge in [-0.05, 0) is 43.7 Å². The molecule has 4 N–H and O–H groups in total. The fourth-order valence-corrected chi connectivity index (χ4v) is 5.66. The highest BCUT2D eigenvalue weighted by molar-refractivity contribution is 7.22. The second kappa shape index (κ2) is 9.88. The number of carbonyl (C=O) groups is 1. The highest BCUT2D eigenvalue weighted by Gasteiger charge is 2.49. The zero-order chi connectivity index (χ0) is 26.2. The molecule has 13 heteroatoms. The maximum Gasteiger partial charge on any atom is 0.573 e. The van der Waals surface area contributed by atoms with Crippen molar-refractivity contribution in [3.63, 3.8) is 0 Å². The second-order valence-corrected chi connectivity index (χ2v) is 10.1. The number of rotatable bonds is 7. The minimum atomic E-state index is -4.80. The highest BCUT2D eigenvalue weighted by Crippen LogP contribution is 2.40. The van der Waals surface area contributed by atoms with E-state index in [0.29, 0.717) is 35.0 Å². The van der Waals surface area contributed by atoms with Crippen LogP contribution in [0.15, 0.2) is 42.5 Å². The zero-order valence-corrected chi connectivity index (χ0v) is 20.8. The quantitative estimate of drug-likeness (QED) is 0.365. The standard InChI is InChI=1S/C24H27F3N6O3S/c1-32-19-7-3-2-6-17(19)30-23(32,21(35)28-10-12-33-11-4-5-15(34)14-33)31-22-29-18-9-8-16(13-20(18)37-22)36-24(25,26)27/h2-3,6-9,13,15,30,34H,4-5,10-12,14H2,1H3,(H,28,35)(H,29,31). The number of amides is 1. The summed E-state index contributed by atoms with van der Waals surface area (Å²) < 4.78 is 42.4. The Labute approximate surface area is 215 Å². The van der Waals surface area contributed by atoms with Gasteiger partial charge in [-0.3, -0.25) is 9.69 Å². The van der Waals surface area contributed by atoms with Crippen LogP contribution in [0.5, 0.6) is 5.75 Å². The van der Waals surface area contributed by atoms with Gasteiger partial charge in [0.1, 0.15) is 5.75 Å². The van der Waals surface area contributed by atoms with Gasteiger partial charge >= 0.3 is 6.36 Å². The number of thiazole rings is 1. The Morgan fingerprint density at radius 2 is 2.14 bits per heavy atom. The topological polar surface area (TPSA) is 102 Å². The number of carbonyl (C=O) groups excluding carboxylic acids is 1. The first-order valence-electron chi connectivity index (χ1n) is 11.9. The Morgan fingerprint density at radius 1 is 1.32 bits per heavy atom. The molecule has 9 nitrogen and oxygen atoms in total. The van der Waals surface area contributed by atoms with Crippen LogP contribution < -0.4 is 25.6 Å². The summed E-state index contributed by atoms with van der Waals surface area (Å²) in [6, 6.07) is 11.4. The summed E-state index contributed by atoms with van der Waals surface area (Å²) in [5.74, 6) is -2.11. The van der Waals surface area contributed by atoms with E-state index in [0.717, 1.165) is 42.1 Å². The van der Waals surface area contributed by atoms with Crippen LogP contribution in [0.25, 0.3) is 10.2 Å². The van der Waals surface area contributed by atoms with Gasteiger partial charge in [-0.15, -0.1) is 13.2 Å². The number of nitrogens with zero attached hydrogens (tertiary/aromatic N) is 3. The van der Waals surface area contributed by atoms with Crippen molar-refractivity contribution in [1.82, 2.24) is 15.2 Å². The maximum atomic E-state index is 13.7. The average molecular weight is 537 g/mol. The molecule has 37 heavy (non-hydrogen) atoms. The molecule has 198 valence electrons. The molecule has 2 aliphatic rings. The molecule has 5 rings (SSSR count). The van der Waals surface area contributed by atoms with E-state index < -0.39 is 12.1 Å². The van der Waals surface area contributed by atoms with Crippen molar-refractivity contribution in [2.75, 3.05) is 48.8 Å². The minimum absolute atomic E-state index is 0.339. The van der Waals surface area contributed by atoms with Crippen molar-refractivity contribution >= 4 is 44.0 Å². The number of ether oxygens (including phenoxy) is 1. The number of piperidine rings is 1. The lowest BCUT2D eigenvalue weighted by molar-refractivity contribution is -0.274. The van der Waals surface area contributed by atoms with Gasteiger partial charge in [-0.25, -0.2) is 4.98 Å². The van der Waals surface area contributed by atoms with Crippen LogP contribution in [-0.4, -0.2) is 72.4 Å².